The molecule has 2 saturated heterocycles. The molecule has 3 amide bonds. The van der Waals surface area contributed by atoms with Crippen LogP contribution in [0.4, 0.5) is 10.5 Å². The van der Waals surface area contributed by atoms with E-state index in [9.17, 15) is 14.7 Å². The van der Waals surface area contributed by atoms with E-state index >= 15 is 0 Å². The van der Waals surface area contributed by atoms with Gasteiger partial charge in [-0.25, -0.2) is 4.79 Å². The fraction of sp³-hybridized carbons (Fsp3) is 0.429. The number of carbonyl (C=O) groups excluding carboxylic acids is 2. The SMILES string of the molecule is O=C(Nc1ccccc1)N1CC(=O)N2[C@@H](CO)[C@H](c3ccc(C#CC4CCCCC4)cc3)[C@@H]2C1. The van der Waals surface area contributed by atoms with E-state index in [0.717, 1.165) is 11.1 Å². The number of aliphatic hydroxyl groups excluding tert-OH is 1. The summed E-state index contributed by atoms with van der Waals surface area (Å²) in [5.41, 5.74) is 2.77. The standard InChI is InChI=1S/C28H31N3O3/c32-19-25-27(22-15-13-21(14-16-22)12-11-20-7-3-1-4-8-20)24-17-30(18-26(33)31(24)25)28(34)29-23-9-5-2-6-10-23/h2,5-6,9-10,13-16,20,24-25,27,32H,1,3-4,7-8,17-19H2,(H,29,34)/t24-,25-,27+/m0/s1. The summed E-state index contributed by atoms with van der Waals surface area (Å²) in [7, 11) is 0. The van der Waals surface area contributed by atoms with Crippen molar-refractivity contribution >= 4 is 17.6 Å². The first-order valence-electron chi connectivity index (χ1n) is 12.3. The van der Waals surface area contributed by atoms with E-state index in [1.807, 2.05) is 42.5 Å². The minimum absolute atomic E-state index is 0.0124. The number of rotatable bonds is 3. The van der Waals surface area contributed by atoms with Crippen LogP contribution in [0, 0.1) is 17.8 Å². The van der Waals surface area contributed by atoms with Gasteiger partial charge in [0.25, 0.3) is 0 Å². The van der Waals surface area contributed by atoms with Crippen molar-refractivity contribution in [2.24, 2.45) is 5.92 Å². The van der Waals surface area contributed by atoms with Crippen molar-refractivity contribution in [1.82, 2.24) is 9.80 Å². The number of fused-ring (bicyclic) bond motifs is 1. The Morgan fingerprint density at radius 2 is 1.76 bits per heavy atom. The molecule has 2 aliphatic heterocycles. The Hall–Kier alpha value is -3.30. The number of para-hydroxylation sites is 1. The summed E-state index contributed by atoms with van der Waals surface area (Å²) in [6, 6.07) is 16.8. The average molecular weight is 458 g/mol. The second-order valence-corrected chi connectivity index (χ2v) is 9.55. The third-order valence-corrected chi connectivity index (χ3v) is 7.39. The molecular weight excluding hydrogens is 426 g/mol. The molecule has 0 spiro atoms. The van der Waals surface area contributed by atoms with Gasteiger partial charge in [-0.1, -0.05) is 61.4 Å². The summed E-state index contributed by atoms with van der Waals surface area (Å²) in [6.07, 6.45) is 6.28. The maximum Gasteiger partial charge on any atom is 0.322 e. The van der Waals surface area contributed by atoms with Crippen molar-refractivity contribution in [3.05, 3.63) is 65.7 Å². The van der Waals surface area contributed by atoms with E-state index in [0.29, 0.717) is 18.2 Å². The van der Waals surface area contributed by atoms with Crippen LogP contribution >= 0.6 is 0 Å². The first-order chi connectivity index (χ1) is 16.6. The first kappa shape index (κ1) is 22.5. The molecular formula is C28H31N3O3. The monoisotopic (exact) mass is 457 g/mol. The number of nitrogens with zero attached hydrogens (tertiary/aromatic N) is 2. The quantitative estimate of drug-likeness (QED) is 0.689. The molecule has 0 unspecified atom stereocenters. The number of piperazine rings is 1. The van der Waals surface area contributed by atoms with Gasteiger partial charge in [0, 0.05) is 29.6 Å². The topological polar surface area (TPSA) is 72.9 Å². The van der Waals surface area contributed by atoms with Crippen LogP contribution in [0.3, 0.4) is 0 Å². The normalized spacial score (nSPS) is 24.5. The zero-order valence-corrected chi connectivity index (χ0v) is 19.3. The van der Waals surface area contributed by atoms with Crippen LogP contribution in [0.2, 0.25) is 0 Å². The minimum Gasteiger partial charge on any atom is -0.394 e. The van der Waals surface area contributed by atoms with E-state index in [-0.39, 0.29) is 43.1 Å². The van der Waals surface area contributed by atoms with Gasteiger partial charge < -0.3 is 20.2 Å². The molecule has 3 fully saturated rings. The molecule has 3 atom stereocenters. The zero-order valence-electron chi connectivity index (χ0n) is 19.3. The van der Waals surface area contributed by atoms with Gasteiger partial charge in [0.15, 0.2) is 0 Å². The number of anilines is 1. The van der Waals surface area contributed by atoms with Gasteiger partial charge in [-0.15, -0.1) is 0 Å². The van der Waals surface area contributed by atoms with Crippen molar-refractivity contribution in [2.45, 2.75) is 50.1 Å². The van der Waals surface area contributed by atoms with E-state index < -0.39 is 0 Å². The third kappa shape index (κ3) is 4.53. The molecule has 3 aliphatic rings. The molecule has 2 N–H and O–H groups in total. The van der Waals surface area contributed by atoms with E-state index in [4.69, 9.17) is 0 Å². The van der Waals surface area contributed by atoms with Crippen molar-refractivity contribution in [3.8, 4) is 11.8 Å². The molecule has 5 rings (SSSR count). The number of benzene rings is 2. The summed E-state index contributed by atoms with van der Waals surface area (Å²) < 4.78 is 0. The lowest BCUT2D eigenvalue weighted by atomic mass is 9.73. The highest BCUT2D eigenvalue weighted by Gasteiger charge is 2.54. The zero-order chi connectivity index (χ0) is 23.5. The van der Waals surface area contributed by atoms with Gasteiger partial charge in [-0.2, -0.15) is 0 Å². The first-order valence-corrected chi connectivity index (χ1v) is 12.3. The second-order valence-electron chi connectivity index (χ2n) is 9.55. The molecule has 2 heterocycles. The molecule has 6 nitrogen and oxygen atoms in total. The third-order valence-electron chi connectivity index (χ3n) is 7.39. The van der Waals surface area contributed by atoms with Crippen molar-refractivity contribution in [3.63, 3.8) is 0 Å². The minimum atomic E-state index is -0.279. The van der Waals surface area contributed by atoms with E-state index in [2.05, 4.69) is 29.3 Å². The number of hydrogen-bond donors (Lipinski definition) is 2. The number of carbonyl (C=O) groups is 2. The summed E-state index contributed by atoms with van der Waals surface area (Å²) in [6.45, 7) is 0.370. The predicted octanol–water partition coefficient (Wildman–Crippen LogP) is 3.82. The number of aliphatic hydroxyl groups is 1. The largest absolute Gasteiger partial charge is 0.394 e. The lowest BCUT2D eigenvalue weighted by molar-refractivity contribution is -0.159. The fourth-order valence-corrected chi connectivity index (χ4v) is 5.60. The summed E-state index contributed by atoms with van der Waals surface area (Å²) in [5.74, 6) is 7.13. The molecule has 34 heavy (non-hydrogen) atoms. The summed E-state index contributed by atoms with van der Waals surface area (Å²) in [5, 5.41) is 12.9. The fourth-order valence-electron chi connectivity index (χ4n) is 5.60. The molecule has 176 valence electrons. The molecule has 6 heteroatoms. The molecule has 0 radical (unpaired) electrons. The average Bonchev–Trinajstić information content (AvgIpc) is 2.86. The Balaban J connectivity index is 1.28. The number of urea groups is 1. The Labute approximate surface area is 200 Å². The van der Waals surface area contributed by atoms with Crippen LogP contribution in [-0.2, 0) is 4.79 Å². The van der Waals surface area contributed by atoms with Crippen LogP contribution < -0.4 is 5.32 Å². The number of amides is 3. The highest BCUT2D eigenvalue weighted by atomic mass is 16.3. The van der Waals surface area contributed by atoms with Crippen LogP contribution in [0.5, 0.6) is 0 Å². The number of nitrogens with one attached hydrogen (secondary N) is 1. The highest BCUT2D eigenvalue weighted by Crippen LogP contribution is 2.43. The van der Waals surface area contributed by atoms with Crippen molar-refractivity contribution in [1.29, 1.82) is 0 Å². The number of hydrogen-bond acceptors (Lipinski definition) is 3. The van der Waals surface area contributed by atoms with Gasteiger partial charge in [0.05, 0.1) is 18.7 Å². The highest BCUT2D eigenvalue weighted by molar-refractivity contribution is 5.93. The maximum absolute atomic E-state index is 12.8. The molecule has 2 aromatic carbocycles. The molecule has 0 aromatic heterocycles. The van der Waals surface area contributed by atoms with Crippen molar-refractivity contribution in [2.75, 3.05) is 25.0 Å². The lowest BCUT2D eigenvalue weighted by Crippen LogP contribution is -2.73. The van der Waals surface area contributed by atoms with E-state index in [1.165, 1.54) is 32.1 Å². The molecule has 2 aromatic rings. The van der Waals surface area contributed by atoms with Crippen LogP contribution in [0.25, 0.3) is 0 Å². The van der Waals surface area contributed by atoms with E-state index in [1.54, 1.807) is 9.80 Å². The van der Waals surface area contributed by atoms with Gasteiger partial charge in [0.2, 0.25) is 5.91 Å². The summed E-state index contributed by atoms with van der Waals surface area (Å²) in [4.78, 5) is 29.0. The molecule has 0 bridgehead atoms. The van der Waals surface area contributed by atoms with Crippen LogP contribution in [-0.4, -0.2) is 58.6 Å². The maximum atomic E-state index is 12.8. The Morgan fingerprint density at radius 1 is 1.03 bits per heavy atom. The smallest absolute Gasteiger partial charge is 0.322 e. The van der Waals surface area contributed by atoms with Gasteiger partial charge in [0.1, 0.15) is 6.54 Å². The van der Waals surface area contributed by atoms with Gasteiger partial charge in [-0.05, 0) is 42.7 Å². The predicted molar refractivity (Wildman–Crippen MR) is 131 cm³/mol. The van der Waals surface area contributed by atoms with Crippen LogP contribution in [0.1, 0.15) is 49.1 Å². The second kappa shape index (κ2) is 9.90. The molecule has 1 saturated carbocycles. The van der Waals surface area contributed by atoms with Crippen LogP contribution in [0.15, 0.2) is 54.6 Å². The summed E-state index contributed by atoms with van der Waals surface area (Å²) >= 11 is 0. The Bertz CT molecular complexity index is 1080. The van der Waals surface area contributed by atoms with Gasteiger partial charge in [-0.3, -0.25) is 4.79 Å². The van der Waals surface area contributed by atoms with Crippen molar-refractivity contribution < 1.29 is 14.7 Å². The lowest BCUT2D eigenvalue weighted by Gasteiger charge is -2.58. The van der Waals surface area contributed by atoms with Gasteiger partial charge >= 0.3 is 6.03 Å². The Morgan fingerprint density at radius 3 is 2.47 bits per heavy atom. The Kier molecular flexibility index (Phi) is 6.55. The molecule has 1 aliphatic carbocycles.